The van der Waals surface area contributed by atoms with Gasteiger partial charge in [0.25, 0.3) is 0 Å². The van der Waals surface area contributed by atoms with Crippen molar-refractivity contribution in [3.05, 3.63) is 48.0 Å². The van der Waals surface area contributed by atoms with Crippen molar-refractivity contribution >= 4 is 17.8 Å². The molecule has 0 saturated carbocycles. The molecule has 1 aliphatic carbocycles. The quantitative estimate of drug-likeness (QED) is 0.678. The first-order valence-corrected chi connectivity index (χ1v) is 6.91. The predicted molar refractivity (Wildman–Crippen MR) is 74.0 cm³/mol. The highest BCUT2D eigenvalue weighted by Gasteiger charge is 2.51. The summed E-state index contributed by atoms with van der Waals surface area (Å²) < 4.78 is 0. The van der Waals surface area contributed by atoms with Gasteiger partial charge in [0.2, 0.25) is 11.8 Å². The maximum atomic E-state index is 12.5. The summed E-state index contributed by atoms with van der Waals surface area (Å²) >= 11 is 0. The zero-order chi connectivity index (χ0) is 15.0. The number of carbonyl (C=O) groups excluding carboxylic acids is 2. The molecular weight excluding hydrogens is 270 g/mol. The molecule has 1 heterocycles. The number of amides is 2. The molecule has 0 spiro atoms. The van der Waals surface area contributed by atoms with Crippen LogP contribution in [0.5, 0.6) is 0 Å². The number of aliphatic carboxylic acids is 1. The standard InChI is InChI=1S/C16H15NO4/c18-14-11-8-4-5-9-12(11)15(19)17(14)13(16(20)21)10-6-2-1-3-7-10/h1-7,11-13H,8-9H2,(H,20,21). The van der Waals surface area contributed by atoms with Crippen molar-refractivity contribution in [3.8, 4) is 0 Å². The monoisotopic (exact) mass is 285 g/mol. The van der Waals surface area contributed by atoms with E-state index >= 15 is 0 Å². The molecule has 0 radical (unpaired) electrons. The lowest BCUT2D eigenvalue weighted by Crippen LogP contribution is -2.39. The van der Waals surface area contributed by atoms with Gasteiger partial charge in [-0.1, -0.05) is 42.5 Å². The molecule has 1 aromatic rings. The Hall–Kier alpha value is -2.43. The number of carboxylic acids is 1. The van der Waals surface area contributed by atoms with E-state index in [1.54, 1.807) is 30.3 Å². The third-order valence-corrected chi connectivity index (χ3v) is 4.15. The Morgan fingerprint density at radius 1 is 1.05 bits per heavy atom. The summed E-state index contributed by atoms with van der Waals surface area (Å²) in [5.41, 5.74) is 0.443. The minimum atomic E-state index is -1.24. The molecule has 1 saturated heterocycles. The number of imide groups is 1. The van der Waals surface area contributed by atoms with Gasteiger partial charge in [-0.05, 0) is 18.4 Å². The lowest BCUT2D eigenvalue weighted by Gasteiger charge is -2.23. The number of hydrogen-bond acceptors (Lipinski definition) is 3. The number of benzene rings is 1. The van der Waals surface area contributed by atoms with Crippen LogP contribution in [-0.4, -0.2) is 27.8 Å². The van der Waals surface area contributed by atoms with Gasteiger partial charge in [-0.3, -0.25) is 14.5 Å². The van der Waals surface area contributed by atoms with E-state index in [1.165, 1.54) is 0 Å². The zero-order valence-electron chi connectivity index (χ0n) is 11.3. The normalized spacial score (nSPS) is 25.8. The van der Waals surface area contributed by atoms with Crippen LogP contribution in [0, 0.1) is 11.8 Å². The van der Waals surface area contributed by atoms with Crippen molar-refractivity contribution in [2.45, 2.75) is 18.9 Å². The van der Waals surface area contributed by atoms with E-state index in [2.05, 4.69) is 0 Å². The molecule has 0 bridgehead atoms. The first-order valence-electron chi connectivity index (χ1n) is 6.91. The Balaban J connectivity index is 1.99. The maximum Gasteiger partial charge on any atom is 0.331 e. The van der Waals surface area contributed by atoms with Crippen molar-refractivity contribution < 1.29 is 19.5 Å². The number of carboxylic acid groups (broad SMARTS) is 1. The maximum absolute atomic E-state index is 12.5. The predicted octanol–water partition coefficient (Wildman–Crippen LogP) is 1.76. The molecule has 21 heavy (non-hydrogen) atoms. The van der Waals surface area contributed by atoms with Crippen molar-refractivity contribution in [2.75, 3.05) is 0 Å². The van der Waals surface area contributed by atoms with E-state index in [0.717, 1.165) is 4.90 Å². The molecule has 3 atom stereocenters. The van der Waals surface area contributed by atoms with Crippen molar-refractivity contribution in [3.63, 3.8) is 0 Å². The van der Waals surface area contributed by atoms with Crippen LogP contribution in [0.4, 0.5) is 0 Å². The number of nitrogens with zero attached hydrogens (tertiary/aromatic N) is 1. The van der Waals surface area contributed by atoms with Crippen molar-refractivity contribution in [1.82, 2.24) is 4.90 Å². The fraction of sp³-hybridized carbons (Fsp3) is 0.312. The van der Waals surface area contributed by atoms with E-state index in [9.17, 15) is 19.5 Å². The average molecular weight is 285 g/mol. The number of allylic oxidation sites excluding steroid dienone is 2. The molecule has 1 aromatic carbocycles. The number of carbonyl (C=O) groups is 3. The van der Waals surface area contributed by atoms with Crippen LogP contribution in [-0.2, 0) is 14.4 Å². The van der Waals surface area contributed by atoms with Crippen LogP contribution in [0.2, 0.25) is 0 Å². The third kappa shape index (κ3) is 2.14. The summed E-state index contributed by atoms with van der Waals surface area (Å²) in [6.45, 7) is 0. The Morgan fingerprint density at radius 3 is 2.05 bits per heavy atom. The minimum Gasteiger partial charge on any atom is -0.479 e. The zero-order valence-corrected chi connectivity index (χ0v) is 11.3. The Bertz CT molecular complexity index is 596. The highest BCUT2D eigenvalue weighted by molar-refractivity contribution is 6.08. The highest BCUT2D eigenvalue weighted by atomic mass is 16.4. The minimum absolute atomic E-state index is 0.370. The molecule has 3 rings (SSSR count). The smallest absolute Gasteiger partial charge is 0.331 e. The molecule has 2 aliphatic rings. The second kappa shape index (κ2) is 5.16. The number of likely N-dealkylation sites (tertiary alicyclic amines) is 1. The van der Waals surface area contributed by atoms with E-state index in [-0.39, 0.29) is 11.8 Å². The lowest BCUT2D eigenvalue weighted by molar-refractivity contribution is -0.155. The first kappa shape index (κ1) is 13.5. The second-order valence-electron chi connectivity index (χ2n) is 5.35. The fourth-order valence-corrected chi connectivity index (χ4v) is 3.12. The van der Waals surface area contributed by atoms with Crippen LogP contribution >= 0.6 is 0 Å². The van der Waals surface area contributed by atoms with Crippen LogP contribution in [0.3, 0.4) is 0 Å². The largest absolute Gasteiger partial charge is 0.479 e. The van der Waals surface area contributed by atoms with Gasteiger partial charge in [0.15, 0.2) is 6.04 Å². The molecule has 5 heteroatoms. The molecule has 2 amide bonds. The number of hydrogen-bond donors (Lipinski definition) is 1. The molecule has 0 aromatic heterocycles. The molecular formula is C16H15NO4. The molecule has 1 fully saturated rings. The first-order chi connectivity index (χ1) is 10.1. The molecule has 1 N–H and O–H groups in total. The van der Waals surface area contributed by atoms with Crippen molar-refractivity contribution in [2.24, 2.45) is 11.8 Å². The van der Waals surface area contributed by atoms with Gasteiger partial charge in [-0.25, -0.2) is 4.79 Å². The SMILES string of the molecule is O=C(O)C(c1ccccc1)N1C(=O)C2CC=CCC2C1=O. The third-order valence-electron chi connectivity index (χ3n) is 4.15. The molecule has 3 unspecified atom stereocenters. The molecule has 5 nitrogen and oxygen atoms in total. The fourth-order valence-electron chi connectivity index (χ4n) is 3.12. The van der Waals surface area contributed by atoms with E-state index in [0.29, 0.717) is 18.4 Å². The van der Waals surface area contributed by atoms with E-state index < -0.39 is 23.8 Å². The van der Waals surface area contributed by atoms with Crippen LogP contribution in [0.15, 0.2) is 42.5 Å². The number of fused-ring (bicyclic) bond motifs is 1. The Labute approximate surface area is 121 Å². The summed E-state index contributed by atoms with van der Waals surface area (Å²) in [6.07, 6.45) is 4.78. The Kier molecular flexibility index (Phi) is 3.33. The average Bonchev–Trinajstić information content (AvgIpc) is 2.74. The summed E-state index contributed by atoms with van der Waals surface area (Å²) in [7, 11) is 0. The van der Waals surface area contributed by atoms with Gasteiger partial charge in [0.05, 0.1) is 11.8 Å². The second-order valence-corrected chi connectivity index (χ2v) is 5.35. The van der Waals surface area contributed by atoms with Crippen LogP contribution in [0.1, 0.15) is 24.4 Å². The summed E-state index contributed by atoms with van der Waals surface area (Å²) in [5.74, 6) is -2.74. The van der Waals surface area contributed by atoms with Crippen LogP contribution in [0.25, 0.3) is 0 Å². The molecule has 108 valence electrons. The van der Waals surface area contributed by atoms with Gasteiger partial charge in [0, 0.05) is 0 Å². The van der Waals surface area contributed by atoms with Crippen LogP contribution < -0.4 is 0 Å². The topological polar surface area (TPSA) is 74.7 Å². The number of rotatable bonds is 3. The summed E-state index contributed by atoms with van der Waals surface area (Å²) in [5, 5.41) is 9.49. The van der Waals surface area contributed by atoms with E-state index in [1.807, 2.05) is 12.2 Å². The highest BCUT2D eigenvalue weighted by Crippen LogP contribution is 2.39. The lowest BCUT2D eigenvalue weighted by atomic mass is 9.85. The molecule has 1 aliphatic heterocycles. The van der Waals surface area contributed by atoms with Gasteiger partial charge in [-0.2, -0.15) is 0 Å². The van der Waals surface area contributed by atoms with Gasteiger partial charge >= 0.3 is 5.97 Å². The summed E-state index contributed by atoms with van der Waals surface area (Å²) in [6, 6.07) is 7.17. The van der Waals surface area contributed by atoms with Gasteiger partial charge in [-0.15, -0.1) is 0 Å². The Morgan fingerprint density at radius 2 is 1.57 bits per heavy atom. The summed E-state index contributed by atoms with van der Waals surface area (Å²) in [4.78, 5) is 37.5. The van der Waals surface area contributed by atoms with E-state index in [4.69, 9.17) is 0 Å². The van der Waals surface area contributed by atoms with Crippen molar-refractivity contribution in [1.29, 1.82) is 0 Å². The van der Waals surface area contributed by atoms with Gasteiger partial charge in [0.1, 0.15) is 0 Å². The van der Waals surface area contributed by atoms with Gasteiger partial charge < -0.3 is 5.11 Å².